The molecule has 4 nitrogen and oxygen atoms in total. The van der Waals surface area contributed by atoms with Gasteiger partial charge in [0.05, 0.1) is 17.2 Å². The van der Waals surface area contributed by atoms with E-state index in [1.54, 1.807) is 30.0 Å². The summed E-state index contributed by atoms with van der Waals surface area (Å²) in [5.41, 5.74) is 0. The number of hydrogen-bond donors (Lipinski definition) is 0. The molecule has 1 aliphatic rings. The Labute approximate surface area is 134 Å². The Morgan fingerprint density at radius 3 is 2.52 bits per heavy atom. The third-order valence-electron chi connectivity index (χ3n) is 3.28. The molecule has 1 heterocycles. The fourth-order valence-electron chi connectivity index (χ4n) is 2.43. The van der Waals surface area contributed by atoms with E-state index in [9.17, 15) is 4.79 Å². The predicted molar refractivity (Wildman–Crippen MR) is 83.1 cm³/mol. The molecule has 1 aliphatic heterocycles. The zero-order valence-electron chi connectivity index (χ0n) is 12.3. The van der Waals surface area contributed by atoms with Crippen LogP contribution >= 0.6 is 23.2 Å². The smallest absolute Gasteiger partial charge is 0.263 e. The van der Waals surface area contributed by atoms with Gasteiger partial charge in [-0.2, -0.15) is 0 Å². The molecule has 1 fully saturated rings. The Morgan fingerprint density at radius 2 is 1.95 bits per heavy atom. The second-order valence-corrected chi connectivity index (χ2v) is 6.18. The molecule has 0 aromatic heterocycles. The fraction of sp³-hybridized carbons (Fsp3) is 0.533. The van der Waals surface area contributed by atoms with Crippen molar-refractivity contribution in [2.45, 2.75) is 39.1 Å². The molecule has 6 heteroatoms. The first-order valence-electron chi connectivity index (χ1n) is 6.92. The predicted octanol–water partition coefficient (Wildman–Crippen LogP) is 3.40. The molecule has 3 atom stereocenters. The van der Waals surface area contributed by atoms with Crippen molar-refractivity contribution in [2.24, 2.45) is 0 Å². The summed E-state index contributed by atoms with van der Waals surface area (Å²) < 4.78 is 11.3. The van der Waals surface area contributed by atoms with Crippen LogP contribution in [0.3, 0.4) is 0 Å². The molecular weight excluding hydrogens is 313 g/mol. The summed E-state index contributed by atoms with van der Waals surface area (Å²) in [7, 11) is 0. The van der Waals surface area contributed by atoms with E-state index >= 15 is 0 Å². The van der Waals surface area contributed by atoms with Crippen molar-refractivity contribution in [2.75, 3.05) is 13.1 Å². The van der Waals surface area contributed by atoms with Crippen LogP contribution in [0.1, 0.15) is 20.8 Å². The van der Waals surface area contributed by atoms with E-state index in [1.165, 1.54) is 0 Å². The molecule has 0 N–H and O–H groups in total. The summed E-state index contributed by atoms with van der Waals surface area (Å²) in [6, 6.07) is 4.94. The molecule has 0 spiro atoms. The second-order valence-electron chi connectivity index (χ2n) is 5.34. The number of hydrogen-bond acceptors (Lipinski definition) is 3. The number of amides is 1. The quantitative estimate of drug-likeness (QED) is 0.852. The summed E-state index contributed by atoms with van der Waals surface area (Å²) in [5.74, 6) is 0.388. The second kappa shape index (κ2) is 6.86. The van der Waals surface area contributed by atoms with E-state index in [0.717, 1.165) is 0 Å². The van der Waals surface area contributed by atoms with Crippen LogP contribution in [0.25, 0.3) is 0 Å². The van der Waals surface area contributed by atoms with Gasteiger partial charge in [-0.25, -0.2) is 0 Å². The lowest BCUT2D eigenvalue weighted by Crippen LogP contribution is -2.51. The van der Waals surface area contributed by atoms with Gasteiger partial charge in [-0.3, -0.25) is 4.79 Å². The first-order chi connectivity index (χ1) is 9.86. The van der Waals surface area contributed by atoms with Crippen LogP contribution in [0.15, 0.2) is 18.2 Å². The highest BCUT2D eigenvalue weighted by Gasteiger charge is 2.29. The number of ether oxygens (including phenoxy) is 2. The van der Waals surface area contributed by atoms with E-state index < -0.39 is 6.10 Å². The van der Waals surface area contributed by atoms with Gasteiger partial charge in [0.1, 0.15) is 5.75 Å². The molecule has 0 unspecified atom stereocenters. The number of halogens is 2. The van der Waals surface area contributed by atoms with Crippen molar-refractivity contribution in [3.8, 4) is 5.75 Å². The number of benzene rings is 1. The van der Waals surface area contributed by atoms with Crippen LogP contribution < -0.4 is 4.74 Å². The third-order valence-corrected chi connectivity index (χ3v) is 3.81. The normalized spacial score (nSPS) is 23.8. The van der Waals surface area contributed by atoms with Gasteiger partial charge in [0, 0.05) is 18.1 Å². The van der Waals surface area contributed by atoms with Crippen molar-refractivity contribution in [1.82, 2.24) is 4.90 Å². The van der Waals surface area contributed by atoms with Gasteiger partial charge < -0.3 is 14.4 Å². The lowest BCUT2D eigenvalue weighted by atomic mass is 10.2. The molecule has 0 aliphatic carbocycles. The van der Waals surface area contributed by atoms with Crippen LogP contribution in [0.5, 0.6) is 5.75 Å². The van der Waals surface area contributed by atoms with Gasteiger partial charge in [0.2, 0.25) is 0 Å². The molecule has 2 rings (SSSR count). The minimum atomic E-state index is -0.610. The first-order valence-corrected chi connectivity index (χ1v) is 7.68. The Hall–Kier alpha value is -0.970. The Balaban J connectivity index is 2.02. The van der Waals surface area contributed by atoms with E-state index in [2.05, 4.69) is 0 Å². The van der Waals surface area contributed by atoms with Crippen LogP contribution in [-0.2, 0) is 9.53 Å². The van der Waals surface area contributed by atoms with Crippen molar-refractivity contribution < 1.29 is 14.3 Å². The molecule has 0 bridgehead atoms. The number of carbonyl (C=O) groups excluding carboxylic acids is 1. The summed E-state index contributed by atoms with van der Waals surface area (Å²) >= 11 is 11.9. The number of nitrogens with zero attached hydrogens (tertiary/aromatic N) is 1. The molecule has 116 valence electrons. The average molecular weight is 332 g/mol. The highest BCUT2D eigenvalue weighted by Crippen LogP contribution is 2.28. The van der Waals surface area contributed by atoms with Crippen LogP contribution in [0.2, 0.25) is 10.0 Å². The SMILES string of the molecule is C[C@@H]1CN(C(=O)[C@@H](C)Oc2ccc(Cl)cc2Cl)C[C@H](C)O1. The summed E-state index contributed by atoms with van der Waals surface area (Å²) in [6.45, 7) is 6.78. The number of rotatable bonds is 3. The first kappa shape index (κ1) is 16.4. The molecule has 0 saturated carbocycles. The standard InChI is InChI=1S/C15H19Cl2NO3/c1-9-7-18(8-10(2)20-9)15(19)11(3)21-14-5-4-12(16)6-13(14)17/h4-6,9-11H,7-8H2,1-3H3/t9-,10+,11-/m1/s1. The Bertz CT molecular complexity index is 514. The topological polar surface area (TPSA) is 38.8 Å². The molecule has 0 radical (unpaired) electrons. The largest absolute Gasteiger partial charge is 0.479 e. The summed E-state index contributed by atoms with van der Waals surface area (Å²) in [6.07, 6.45) is -0.547. The van der Waals surface area contributed by atoms with Crippen molar-refractivity contribution in [3.63, 3.8) is 0 Å². The van der Waals surface area contributed by atoms with Gasteiger partial charge in [-0.05, 0) is 39.0 Å². The maximum absolute atomic E-state index is 12.4. The minimum absolute atomic E-state index is 0.0315. The van der Waals surface area contributed by atoms with Crippen LogP contribution in [0.4, 0.5) is 0 Å². The van der Waals surface area contributed by atoms with Gasteiger partial charge in [-0.15, -0.1) is 0 Å². The van der Waals surface area contributed by atoms with Crippen LogP contribution in [0, 0.1) is 0 Å². The number of morpholine rings is 1. The molecule has 1 saturated heterocycles. The lowest BCUT2D eigenvalue weighted by Gasteiger charge is -2.36. The number of carbonyl (C=O) groups is 1. The molecule has 21 heavy (non-hydrogen) atoms. The van der Waals surface area contributed by atoms with Crippen LogP contribution in [-0.4, -0.2) is 42.2 Å². The lowest BCUT2D eigenvalue weighted by molar-refractivity contribution is -0.149. The van der Waals surface area contributed by atoms with Gasteiger partial charge in [0.25, 0.3) is 5.91 Å². The zero-order chi connectivity index (χ0) is 15.6. The highest BCUT2D eigenvalue weighted by atomic mass is 35.5. The van der Waals surface area contributed by atoms with Crippen molar-refractivity contribution >= 4 is 29.1 Å². The maximum atomic E-state index is 12.4. The van der Waals surface area contributed by atoms with Crippen molar-refractivity contribution in [3.05, 3.63) is 28.2 Å². The molecular formula is C15H19Cl2NO3. The summed E-state index contributed by atoms with van der Waals surface area (Å²) in [4.78, 5) is 14.2. The van der Waals surface area contributed by atoms with E-state index in [1.807, 2.05) is 13.8 Å². The van der Waals surface area contributed by atoms with Crippen molar-refractivity contribution in [1.29, 1.82) is 0 Å². The van der Waals surface area contributed by atoms with E-state index in [0.29, 0.717) is 28.9 Å². The van der Waals surface area contributed by atoms with Gasteiger partial charge in [0.15, 0.2) is 6.10 Å². The molecule has 1 aromatic rings. The Kier molecular flexibility index (Phi) is 5.36. The van der Waals surface area contributed by atoms with Gasteiger partial charge in [-0.1, -0.05) is 23.2 Å². The monoisotopic (exact) mass is 331 g/mol. The minimum Gasteiger partial charge on any atom is -0.479 e. The van der Waals surface area contributed by atoms with Gasteiger partial charge >= 0.3 is 0 Å². The zero-order valence-corrected chi connectivity index (χ0v) is 13.8. The van der Waals surface area contributed by atoms with E-state index in [-0.39, 0.29) is 18.1 Å². The maximum Gasteiger partial charge on any atom is 0.263 e. The molecule has 1 aromatic carbocycles. The average Bonchev–Trinajstić information content (AvgIpc) is 2.40. The third kappa shape index (κ3) is 4.25. The molecule has 1 amide bonds. The Morgan fingerprint density at radius 1 is 1.33 bits per heavy atom. The fourth-order valence-corrected chi connectivity index (χ4v) is 2.88. The highest BCUT2D eigenvalue weighted by molar-refractivity contribution is 6.35. The summed E-state index contributed by atoms with van der Waals surface area (Å²) in [5, 5.41) is 0.924. The van der Waals surface area contributed by atoms with E-state index in [4.69, 9.17) is 32.7 Å².